The Hall–Kier alpha value is -2.33. The lowest BCUT2D eigenvalue weighted by Gasteiger charge is -2.05. The quantitative estimate of drug-likeness (QED) is 0.702. The van der Waals surface area contributed by atoms with Gasteiger partial charge in [-0.05, 0) is 24.1 Å². The number of carbonyl (C=O) groups excluding carboxylic acids is 1. The lowest BCUT2D eigenvalue weighted by Crippen LogP contribution is -2.30. The molecule has 1 aromatic carbocycles. The van der Waals surface area contributed by atoms with Gasteiger partial charge < -0.3 is 10.4 Å². The molecule has 1 rings (SSSR count). The molecule has 0 saturated heterocycles. The van der Waals surface area contributed by atoms with Gasteiger partial charge in [0.15, 0.2) is 9.84 Å². The number of carboxylic acids is 1. The highest BCUT2D eigenvalue weighted by atomic mass is 32.2. The topological polar surface area (TPSA) is 101 Å². The average molecular weight is 309 g/mol. The minimum absolute atomic E-state index is 0.0115. The van der Waals surface area contributed by atoms with Crippen LogP contribution in [0.1, 0.15) is 12.0 Å². The predicted molar refractivity (Wildman–Crippen MR) is 76.3 cm³/mol. The van der Waals surface area contributed by atoms with Crippen molar-refractivity contribution in [2.24, 2.45) is 0 Å². The molecule has 0 aliphatic heterocycles. The van der Waals surface area contributed by atoms with Crippen molar-refractivity contribution in [1.82, 2.24) is 5.32 Å². The van der Waals surface area contributed by atoms with Gasteiger partial charge in [0, 0.05) is 6.42 Å². The van der Waals surface area contributed by atoms with Crippen LogP contribution < -0.4 is 5.32 Å². The third-order valence-electron chi connectivity index (χ3n) is 2.62. The fraction of sp³-hybridized carbons (Fsp3) is 0.286. The van der Waals surface area contributed by atoms with Crippen molar-refractivity contribution in [1.29, 1.82) is 0 Å². The van der Waals surface area contributed by atoms with E-state index >= 15 is 0 Å². The number of benzene rings is 1. The molecule has 2 N–H and O–H groups in total. The van der Waals surface area contributed by atoms with Crippen LogP contribution in [-0.2, 0) is 25.8 Å². The second-order valence-corrected chi connectivity index (χ2v) is 6.27. The SMILES string of the molecule is C#CCNC(=O)CS(=O)(=O)c1ccc(CCC(=O)O)cc1. The summed E-state index contributed by atoms with van der Waals surface area (Å²) in [7, 11) is -3.73. The number of aliphatic carboxylic acids is 1. The summed E-state index contributed by atoms with van der Waals surface area (Å²) >= 11 is 0. The van der Waals surface area contributed by atoms with Crippen LogP contribution in [0.2, 0.25) is 0 Å². The molecule has 0 radical (unpaired) electrons. The summed E-state index contributed by atoms with van der Waals surface area (Å²) in [4.78, 5) is 21.8. The largest absolute Gasteiger partial charge is 0.481 e. The first-order valence-electron chi connectivity index (χ1n) is 6.09. The van der Waals surface area contributed by atoms with Gasteiger partial charge in [-0.3, -0.25) is 9.59 Å². The minimum Gasteiger partial charge on any atom is -0.481 e. The maximum absolute atomic E-state index is 12.0. The smallest absolute Gasteiger partial charge is 0.303 e. The van der Waals surface area contributed by atoms with Crippen LogP contribution in [0.25, 0.3) is 0 Å². The number of hydrogen-bond donors (Lipinski definition) is 2. The summed E-state index contributed by atoms with van der Waals surface area (Å²) in [5.41, 5.74) is 0.716. The molecular formula is C14H15NO5S. The summed E-state index contributed by atoms with van der Waals surface area (Å²) < 4.78 is 24.0. The fourth-order valence-corrected chi connectivity index (χ4v) is 2.74. The minimum atomic E-state index is -3.73. The summed E-state index contributed by atoms with van der Waals surface area (Å²) in [5.74, 6) is -0.0809. The second-order valence-electron chi connectivity index (χ2n) is 4.28. The highest BCUT2D eigenvalue weighted by Gasteiger charge is 2.18. The van der Waals surface area contributed by atoms with E-state index in [-0.39, 0.29) is 17.9 Å². The van der Waals surface area contributed by atoms with Crippen LogP contribution >= 0.6 is 0 Å². The van der Waals surface area contributed by atoms with Crippen molar-refractivity contribution in [3.63, 3.8) is 0 Å². The van der Waals surface area contributed by atoms with Crippen molar-refractivity contribution in [3.05, 3.63) is 29.8 Å². The normalized spacial score (nSPS) is 10.6. The Labute approximate surface area is 123 Å². The number of amides is 1. The summed E-state index contributed by atoms with van der Waals surface area (Å²) in [6.07, 6.45) is 5.25. The molecule has 1 aromatic rings. The summed E-state index contributed by atoms with van der Waals surface area (Å²) in [5, 5.41) is 10.9. The number of terminal acetylenes is 1. The van der Waals surface area contributed by atoms with E-state index < -0.39 is 27.5 Å². The highest BCUT2D eigenvalue weighted by molar-refractivity contribution is 7.92. The van der Waals surface area contributed by atoms with Gasteiger partial charge in [0.05, 0.1) is 11.4 Å². The predicted octanol–water partition coefficient (Wildman–Crippen LogP) is 0.227. The first-order valence-corrected chi connectivity index (χ1v) is 7.74. The van der Waals surface area contributed by atoms with E-state index in [4.69, 9.17) is 11.5 Å². The molecule has 6 nitrogen and oxygen atoms in total. The molecule has 0 heterocycles. The Morgan fingerprint density at radius 2 is 1.86 bits per heavy atom. The number of rotatable bonds is 7. The van der Waals surface area contributed by atoms with E-state index in [9.17, 15) is 18.0 Å². The van der Waals surface area contributed by atoms with Gasteiger partial charge in [-0.1, -0.05) is 18.1 Å². The van der Waals surface area contributed by atoms with Crippen LogP contribution in [0.3, 0.4) is 0 Å². The van der Waals surface area contributed by atoms with Gasteiger partial charge in [-0.2, -0.15) is 0 Å². The van der Waals surface area contributed by atoms with Crippen molar-refractivity contribution in [2.75, 3.05) is 12.3 Å². The van der Waals surface area contributed by atoms with Crippen LogP contribution in [0.4, 0.5) is 0 Å². The second kappa shape index (κ2) is 7.45. The monoisotopic (exact) mass is 309 g/mol. The molecule has 0 spiro atoms. The molecule has 0 aromatic heterocycles. The van der Waals surface area contributed by atoms with Crippen molar-refractivity contribution < 1.29 is 23.1 Å². The van der Waals surface area contributed by atoms with Crippen molar-refractivity contribution >= 4 is 21.7 Å². The molecule has 0 saturated carbocycles. The van der Waals surface area contributed by atoms with Crippen molar-refractivity contribution in [3.8, 4) is 12.3 Å². The van der Waals surface area contributed by atoms with E-state index in [1.807, 2.05) is 0 Å². The van der Waals surface area contributed by atoms with Gasteiger partial charge in [0.2, 0.25) is 5.91 Å². The van der Waals surface area contributed by atoms with Crippen molar-refractivity contribution in [2.45, 2.75) is 17.7 Å². The third kappa shape index (κ3) is 5.67. The Kier molecular flexibility index (Phi) is 5.93. The molecule has 0 atom stereocenters. The van der Waals surface area contributed by atoms with Gasteiger partial charge in [0.25, 0.3) is 0 Å². The lowest BCUT2D eigenvalue weighted by molar-refractivity contribution is -0.137. The number of hydrogen-bond acceptors (Lipinski definition) is 4. The van der Waals surface area contributed by atoms with E-state index in [2.05, 4.69) is 11.2 Å². The number of sulfone groups is 1. The molecule has 112 valence electrons. The molecule has 21 heavy (non-hydrogen) atoms. The molecule has 0 aliphatic rings. The fourth-order valence-electron chi connectivity index (χ4n) is 1.57. The van der Waals surface area contributed by atoms with Gasteiger partial charge in [-0.25, -0.2) is 8.42 Å². The van der Waals surface area contributed by atoms with Gasteiger partial charge >= 0.3 is 5.97 Å². The molecular weight excluding hydrogens is 294 g/mol. The number of aryl methyl sites for hydroxylation is 1. The first-order chi connectivity index (χ1) is 9.85. The molecule has 0 unspecified atom stereocenters. The standard InChI is InChI=1S/C14H15NO5S/c1-2-9-15-13(16)10-21(19,20)12-6-3-11(4-7-12)5-8-14(17)18/h1,3-4,6-7H,5,8-10H2,(H,15,16)(H,17,18). The van der Waals surface area contributed by atoms with E-state index in [0.29, 0.717) is 12.0 Å². The van der Waals surface area contributed by atoms with E-state index in [1.54, 1.807) is 0 Å². The zero-order valence-corrected chi connectivity index (χ0v) is 12.0. The molecule has 7 heteroatoms. The molecule has 0 fully saturated rings. The Morgan fingerprint density at radius 1 is 1.24 bits per heavy atom. The first kappa shape index (κ1) is 16.7. The third-order valence-corrected chi connectivity index (χ3v) is 4.25. The molecule has 1 amide bonds. The number of nitrogens with one attached hydrogen (secondary N) is 1. The zero-order valence-electron chi connectivity index (χ0n) is 11.2. The molecule has 0 bridgehead atoms. The van der Waals surface area contributed by atoms with Gasteiger partial charge in [-0.15, -0.1) is 6.42 Å². The van der Waals surface area contributed by atoms with E-state index in [1.165, 1.54) is 24.3 Å². The van der Waals surface area contributed by atoms with Crippen LogP contribution in [0.5, 0.6) is 0 Å². The summed E-state index contributed by atoms with van der Waals surface area (Å²) in [6, 6.07) is 5.80. The van der Waals surface area contributed by atoms with Crippen LogP contribution in [-0.4, -0.2) is 37.7 Å². The maximum Gasteiger partial charge on any atom is 0.303 e. The van der Waals surface area contributed by atoms with Gasteiger partial charge in [0.1, 0.15) is 5.75 Å². The Balaban J connectivity index is 2.73. The lowest BCUT2D eigenvalue weighted by atomic mass is 10.1. The number of carbonyl (C=O) groups is 2. The van der Waals surface area contributed by atoms with Crippen LogP contribution in [0.15, 0.2) is 29.2 Å². The van der Waals surface area contributed by atoms with E-state index in [0.717, 1.165) is 0 Å². The highest BCUT2D eigenvalue weighted by Crippen LogP contribution is 2.13. The Morgan fingerprint density at radius 3 is 2.38 bits per heavy atom. The Bertz CT molecular complexity index is 656. The average Bonchev–Trinajstić information content (AvgIpc) is 2.43. The van der Waals surface area contributed by atoms with Crippen LogP contribution in [0, 0.1) is 12.3 Å². The zero-order chi connectivity index (χ0) is 15.9. The maximum atomic E-state index is 12.0. The summed E-state index contributed by atoms with van der Waals surface area (Å²) in [6.45, 7) is -0.0253. The molecule has 0 aliphatic carbocycles. The number of carboxylic acid groups (broad SMARTS) is 1.